The Labute approximate surface area is 150 Å². The zero-order valence-corrected chi connectivity index (χ0v) is 16.3. The van der Waals surface area contributed by atoms with Gasteiger partial charge in [0.2, 0.25) is 0 Å². The summed E-state index contributed by atoms with van der Waals surface area (Å²) in [7, 11) is 8.68. The average Bonchev–Trinajstić information content (AvgIpc) is 2.59. The van der Waals surface area contributed by atoms with E-state index in [-0.39, 0.29) is 0 Å². The molecule has 2 aliphatic carbocycles. The summed E-state index contributed by atoms with van der Waals surface area (Å²) in [6.45, 7) is 3.68. The van der Waals surface area contributed by atoms with Gasteiger partial charge in [0, 0.05) is 5.41 Å². The fraction of sp³-hybridized carbons (Fsp3) is 0.700. The van der Waals surface area contributed by atoms with Crippen LogP contribution in [0.25, 0.3) is 0 Å². The SMILES string of the molecule is BC(B)N(C)CC[C@@]12CCCCC1[C@@H](C)Cc1ccc(OC)cc12. The molecule has 1 aromatic carbocycles. The first kappa shape index (κ1) is 17.9. The molecule has 3 atom stereocenters. The predicted molar refractivity (Wildman–Crippen MR) is 108 cm³/mol. The van der Waals surface area contributed by atoms with Crippen molar-refractivity contribution in [3.05, 3.63) is 29.3 Å². The Kier molecular flexibility index (Phi) is 5.34. The molecule has 2 aliphatic rings. The molecule has 0 amide bonds. The van der Waals surface area contributed by atoms with Gasteiger partial charge >= 0.3 is 0 Å². The molecule has 1 unspecified atom stereocenters. The maximum absolute atomic E-state index is 5.59. The molecular weight excluding hydrogens is 292 g/mol. The van der Waals surface area contributed by atoms with Gasteiger partial charge in [-0.15, -0.1) is 0 Å². The molecule has 0 aliphatic heterocycles. The van der Waals surface area contributed by atoms with Crippen LogP contribution in [0.1, 0.15) is 50.2 Å². The second-order valence-electron chi connectivity index (χ2n) is 8.54. The lowest BCUT2D eigenvalue weighted by atomic mass is 9.53. The molecule has 0 radical (unpaired) electrons. The van der Waals surface area contributed by atoms with E-state index in [0.717, 1.165) is 17.6 Å². The van der Waals surface area contributed by atoms with E-state index in [1.807, 2.05) is 0 Å². The van der Waals surface area contributed by atoms with E-state index < -0.39 is 0 Å². The first-order valence-electron chi connectivity index (χ1n) is 9.85. The summed E-state index contributed by atoms with van der Waals surface area (Å²) in [4.78, 5) is 2.51. The van der Waals surface area contributed by atoms with Crippen molar-refractivity contribution >= 4 is 15.7 Å². The number of hydrogen-bond acceptors (Lipinski definition) is 2. The third kappa shape index (κ3) is 3.14. The first-order chi connectivity index (χ1) is 11.5. The number of methoxy groups -OCH3 is 1. The van der Waals surface area contributed by atoms with Crippen LogP contribution in [0.4, 0.5) is 0 Å². The van der Waals surface area contributed by atoms with Gasteiger partial charge in [-0.05, 0) is 80.2 Å². The second-order valence-corrected chi connectivity index (χ2v) is 8.54. The van der Waals surface area contributed by atoms with Crippen LogP contribution in [-0.2, 0) is 11.8 Å². The van der Waals surface area contributed by atoms with Crippen LogP contribution >= 0.6 is 0 Å². The molecule has 0 bridgehead atoms. The van der Waals surface area contributed by atoms with Gasteiger partial charge in [-0.3, -0.25) is 0 Å². The van der Waals surface area contributed by atoms with E-state index in [0.29, 0.717) is 11.3 Å². The standard InChI is InChI=1S/C20H33B2NO/c1-14-12-15-7-8-16(24-3)13-18(15)20(9-5-4-6-17(14)20)10-11-23(2)19(21)22/h7-8,13-14,17,19H,4-6,9-12,21-22H2,1-3H3/t14-,17?,20-/m0/s1. The van der Waals surface area contributed by atoms with E-state index >= 15 is 0 Å². The van der Waals surface area contributed by atoms with Crippen molar-refractivity contribution in [2.24, 2.45) is 11.8 Å². The lowest BCUT2D eigenvalue weighted by Gasteiger charge is -2.52. The molecule has 1 aromatic rings. The van der Waals surface area contributed by atoms with Crippen LogP contribution in [0.3, 0.4) is 0 Å². The summed E-state index contributed by atoms with van der Waals surface area (Å²) in [6, 6.07) is 6.86. The number of benzene rings is 1. The third-order valence-electron chi connectivity index (χ3n) is 6.97. The van der Waals surface area contributed by atoms with Crippen LogP contribution in [0.2, 0.25) is 0 Å². The highest BCUT2D eigenvalue weighted by atomic mass is 16.5. The van der Waals surface area contributed by atoms with Gasteiger partial charge in [-0.1, -0.05) is 25.8 Å². The fourth-order valence-corrected chi connectivity index (χ4v) is 5.32. The van der Waals surface area contributed by atoms with Crippen LogP contribution < -0.4 is 4.74 Å². The maximum Gasteiger partial charge on any atom is 0.119 e. The Morgan fingerprint density at radius 2 is 2.12 bits per heavy atom. The van der Waals surface area contributed by atoms with Crippen molar-refractivity contribution in [3.8, 4) is 5.75 Å². The summed E-state index contributed by atoms with van der Waals surface area (Å²) in [5, 5.41) is 0. The van der Waals surface area contributed by atoms with Crippen molar-refractivity contribution in [2.45, 2.75) is 56.7 Å². The van der Waals surface area contributed by atoms with Crippen molar-refractivity contribution < 1.29 is 4.74 Å². The number of hydrogen-bond donors (Lipinski definition) is 0. The molecule has 0 heterocycles. The second kappa shape index (κ2) is 7.15. The minimum absolute atomic E-state index is 0.364. The van der Waals surface area contributed by atoms with Gasteiger partial charge in [-0.2, -0.15) is 0 Å². The van der Waals surface area contributed by atoms with E-state index in [1.165, 1.54) is 45.1 Å². The summed E-state index contributed by atoms with van der Waals surface area (Å²) < 4.78 is 5.59. The minimum atomic E-state index is 0.364. The highest BCUT2D eigenvalue weighted by Gasteiger charge is 2.48. The Morgan fingerprint density at radius 3 is 2.83 bits per heavy atom. The minimum Gasteiger partial charge on any atom is -0.497 e. The van der Waals surface area contributed by atoms with Gasteiger partial charge in [0.15, 0.2) is 0 Å². The van der Waals surface area contributed by atoms with Crippen molar-refractivity contribution in [3.63, 3.8) is 0 Å². The summed E-state index contributed by atoms with van der Waals surface area (Å²) in [5.41, 5.74) is 3.55. The smallest absolute Gasteiger partial charge is 0.119 e. The molecule has 130 valence electrons. The van der Waals surface area contributed by atoms with E-state index in [9.17, 15) is 0 Å². The molecule has 0 N–H and O–H groups in total. The van der Waals surface area contributed by atoms with E-state index in [4.69, 9.17) is 4.74 Å². The maximum atomic E-state index is 5.59. The van der Waals surface area contributed by atoms with Crippen molar-refractivity contribution in [2.75, 3.05) is 20.7 Å². The Hall–Kier alpha value is -0.890. The first-order valence-corrected chi connectivity index (χ1v) is 9.85. The predicted octanol–water partition coefficient (Wildman–Crippen LogP) is 2.19. The highest BCUT2D eigenvalue weighted by molar-refractivity contribution is 6.35. The molecule has 2 nitrogen and oxygen atoms in total. The average molecular weight is 325 g/mol. The van der Waals surface area contributed by atoms with Gasteiger partial charge in [-0.25, -0.2) is 0 Å². The number of rotatable bonds is 5. The van der Waals surface area contributed by atoms with Crippen molar-refractivity contribution in [1.82, 2.24) is 4.90 Å². The lowest BCUT2D eigenvalue weighted by molar-refractivity contribution is 0.0925. The quantitative estimate of drug-likeness (QED) is 0.770. The third-order valence-corrected chi connectivity index (χ3v) is 6.97. The molecular formula is C20H33B2NO. The molecule has 0 aromatic heterocycles. The van der Waals surface area contributed by atoms with E-state index in [1.54, 1.807) is 18.2 Å². The van der Waals surface area contributed by atoms with Crippen LogP contribution in [0.5, 0.6) is 5.75 Å². The Bertz CT molecular complexity index is 577. The largest absolute Gasteiger partial charge is 0.497 e. The Balaban J connectivity index is 2.00. The summed E-state index contributed by atoms with van der Waals surface area (Å²) >= 11 is 0. The number of ether oxygens (including phenoxy) is 1. The van der Waals surface area contributed by atoms with Crippen molar-refractivity contribution in [1.29, 1.82) is 0 Å². The normalized spacial score (nSPS) is 29.4. The molecule has 0 saturated heterocycles. The number of fused-ring (bicyclic) bond motifs is 3. The topological polar surface area (TPSA) is 12.5 Å². The monoisotopic (exact) mass is 325 g/mol. The van der Waals surface area contributed by atoms with Gasteiger partial charge in [0.05, 0.1) is 7.11 Å². The zero-order chi connectivity index (χ0) is 17.3. The van der Waals surface area contributed by atoms with E-state index in [2.05, 4.69) is 52.8 Å². The molecule has 1 saturated carbocycles. The van der Waals surface area contributed by atoms with Gasteiger partial charge in [0.25, 0.3) is 0 Å². The van der Waals surface area contributed by atoms with Crippen LogP contribution in [-0.4, -0.2) is 47.1 Å². The van der Waals surface area contributed by atoms with Gasteiger partial charge < -0.3 is 9.64 Å². The lowest BCUT2D eigenvalue weighted by Crippen LogP contribution is -2.48. The summed E-state index contributed by atoms with van der Waals surface area (Å²) in [5.74, 6) is 3.29. The molecule has 3 rings (SSSR count). The van der Waals surface area contributed by atoms with Crippen LogP contribution in [0.15, 0.2) is 18.2 Å². The highest BCUT2D eigenvalue weighted by Crippen LogP contribution is 2.54. The molecule has 1 fully saturated rings. The molecule has 4 heteroatoms. The number of nitrogens with zero attached hydrogens (tertiary/aromatic N) is 1. The molecule has 24 heavy (non-hydrogen) atoms. The fourth-order valence-electron chi connectivity index (χ4n) is 5.32. The Morgan fingerprint density at radius 1 is 1.33 bits per heavy atom. The summed E-state index contributed by atoms with van der Waals surface area (Å²) in [6.07, 6.45) is 8.08. The van der Waals surface area contributed by atoms with Crippen LogP contribution in [0, 0.1) is 11.8 Å². The van der Waals surface area contributed by atoms with Gasteiger partial charge in [0.1, 0.15) is 21.4 Å². The molecule has 0 spiro atoms. The zero-order valence-electron chi connectivity index (χ0n) is 16.3.